The van der Waals surface area contributed by atoms with E-state index in [2.05, 4.69) is 26.4 Å². The van der Waals surface area contributed by atoms with Crippen molar-refractivity contribution in [3.63, 3.8) is 0 Å². The molecule has 1 N–H and O–H groups in total. The zero-order chi connectivity index (χ0) is 13.0. The van der Waals surface area contributed by atoms with Crippen molar-refractivity contribution in [1.82, 2.24) is 14.9 Å². The molecule has 1 aromatic heterocycles. The van der Waals surface area contributed by atoms with E-state index in [0.29, 0.717) is 25.2 Å². The van der Waals surface area contributed by atoms with Crippen LogP contribution in [0.4, 0.5) is 0 Å². The number of carbonyl (C=O) groups is 1. The molecule has 0 radical (unpaired) electrons. The summed E-state index contributed by atoms with van der Waals surface area (Å²) in [6, 6.07) is 0. The number of terminal acetylenes is 1. The Labute approximate surface area is 106 Å². The van der Waals surface area contributed by atoms with Crippen LogP contribution in [0.25, 0.3) is 0 Å². The standard InChI is InChI=1S/C12H15N5O/c1-3-4-5-12(15-16-12)6-7-14-11(18)10-13-8-9-17(10)2/h1,8-9H,4-7H2,2H3,(H,14,18). The quantitative estimate of drug-likeness (QED) is 0.763. The lowest BCUT2D eigenvalue weighted by Crippen LogP contribution is -2.30. The Hall–Kier alpha value is -2.16. The first kappa shape index (κ1) is 12.3. The summed E-state index contributed by atoms with van der Waals surface area (Å²) in [6.45, 7) is 0.517. The van der Waals surface area contributed by atoms with Gasteiger partial charge < -0.3 is 9.88 Å². The molecule has 0 saturated heterocycles. The second-order valence-corrected chi connectivity index (χ2v) is 4.25. The number of hydrogen-bond acceptors (Lipinski definition) is 4. The van der Waals surface area contributed by atoms with Crippen LogP contribution in [0, 0.1) is 12.3 Å². The van der Waals surface area contributed by atoms with Gasteiger partial charge in [0, 0.05) is 45.2 Å². The number of imidazole rings is 1. The molecule has 18 heavy (non-hydrogen) atoms. The van der Waals surface area contributed by atoms with E-state index in [4.69, 9.17) is 6.42 Å². The van der Waals surface area contributed by atoms with Gasteiger partial charge in [-0.25, -0.2) is 4.98 Å². The topological polar surface area (TPSA) is 71.6 Å². The largest absolute Gasteiger partial charge is 0.349 e. The molecule has 0 spiro atoms. The van der Waals surface area contributed by atoms with E-state index in [9.17, 15) is 4.79 Å². The van der Waals surface area contributed by atoms with Gasteiger partial charge in [0.1, 0.15) is 0 Å². The lowest BCUT2D eigenvalue weighted by atomic mass is 10.0. The number of rotatable bonds is 6. The van der Waals surface area contributed by atoms with E-state index in [1.54, 1.807) is 24.0 Å². The maximum absolute atomic E-state index is 11.8. The highest BCUT2D eigenvalue weighted by Crippen LogP contribution is 2.35. The fraction of sp³-hybridized carbons (Fsp3) is 0.500. The Morgan fingerprint density at radius 1 is 1.56 bits per heavy atom. The van der Waals surface area contributed by atoms with Gasteiger partial charge >= 0.3 is 0 Å². The molecule has 0 aromatic carbocycles. The fourth-order valence-corrected chi connectivity index (χ4v) is 1.71. The molecule has 0 saturated carbocycles. The SMILES string of the molecule is C#CCCC1(CCNC(=O)c2nccn2C)N=N1. The van der Waals surface area contributed by atoms with Crippen LogP contribution in [0.5, 0.6) is 0 Å². The molecule has 2 heterocycles. The van der Waals surface area contributed by atoms with E-state index in [-0.39, 0.29) is 11.6 Å². The predicted octanol–water partition coefficient (Wildman–Crippen LogP) is 1.12. The van der Waals surface area contributed by atoms with Crippen molar-refractivity contribution in [2.45, 2.75) is 24.9 Å². The van der Waals surface area contributed by atoms with Crippen molar-refractivity contribution >= 4 is 5.91 Å². The third-order valence-electron chi connectivity index (χ3n) is 2.89. The second kappa shape index (κ2) is 5.00. The normalized spacial score (nSPS) is 15.1. The van der Waals surface area contributed by atoms with Gasteiger partial charge in [-0.3, -0.25) is 4.79 Å². The van der Waals surface area contributed by atoms with Gasteiger partial charge in [-0.15, -0.1) is 12.3 Å². The van der Waals surface area contributed by atoms with E-state index in [1.165, 1.54) is 0 Å². The average molecular weight is 245 g/mol. The van der Waals surface area contributed by atoms with Crippen molar-refractivity contribution in [2.24, 2.45) is 17.3 Å². The highest BCUT2D eigenvalue weighted by Gasteiger charge is 2.38. The van der Waals surface area contributed by atoms with Crippen LogP contribution in [0.3, 0.4) is 0 Å². The van der Waals surface area contributed by atoms with Crippen molar-refractivity contribution in [3.8, 4) is 12.3 Å². The molecule has 1 aliphatic heterocycles. The minimum atomic E-state index is -0.346. The van der Waals surface area contributed by atoms with Gasteiger partial charge in [-0.1, -0.05) is 0 Å². The molecule has 0 aliphatic carbocycles. The van der Waals surface area contributed by atoms with Crippen molar-refractivity contribution in [1.29, 1.82) is 0 Å². The Bertz CT molecular complexity index is 505. The molecule has 0 unspecified atom stereocenters. The van der Waals surface area contributed by atoms with Crippen LogP contribution < -0.4 is 5.32 Å². The molecule has 0 atom stereocenters. The third kappa shape index (κ3) is 2.74. The van der Waals surface area contributed by atoms with Crippen molar-refractivity contribution < 1.29 is 4.79 Å². The van der Waals surface area contributed by atoms with E-state index in [1.807, 2.05) is 0 Å². The second-order valence-electron chi connectivity index (χ2n) is 4.25. The summed E-state index contributed by atoms with van der Waals surface area (Å²) in [6.07, 6.45) is 10.6. The number of nitrogens with zero attached hydrogens (tertiary/aromatic N) is 4. The van der Waals surface area contributed by atoms with Gasteiger partial charge in [0.05, 0.1) is 0 Å². The number of carbonyl (C=O) groups excluding carboxylic acids is 1. The molecule has 0 bridgehead atoms. The summed E-state index contributed by atoms with van der Waals surface area (Å²) in [4.78, 5) is 15.7. The highest BCUT2D eigenvalue weighted by molar-refractivity contribution is 5.90. The van der Waals surface area contributed by atoms with Gasteiger partial charge in [0.2, 0.25) is 0 Å². The molecule has 6 nitrogen and oxygen atoms in total. The molecule has 1 aromatic rings. The molecule has 1 aliphatic rings. The smallest absolute Gasteiger partial charge is 0.287 e. The number of aromatic nitrogens is 2. The maximum Gasteiger partial charge on any atom is 0.287 e. The zero-order valence-corrected chi connectivity index (χ0v) is 10.3. The fourth-order valence-electron chi connectivity index (χ4n) is 1.71. The molecule has 2 rings (SSSR count). The highest BCUT2D eigenvalue weighted by atomic mass is 16.2. The average Bonchev–Trinajstić information content (AvgIpc) is 2.99. The van der Waals surface area contributed by atoms with Crippen molar-refractivity contribution in [3.05, 3.63) is 18.2 Å². The number of aryl methyl sites for hydroxylation is 1. The molecular formula is C12H15N5O. The Balaban J connectivity index is 1.75. The molecular weight excluding hydrogens is 230 g/mol. The predicted molar refractivity (Wildman–Crippen MR) is 65.8 cm³/mol. The van der Waals surface area contributed by atoms with Crippen LogP contribution in [0.15, 0.2) is 22.6 Å². The van der Waals surface area contributed by atoms with E-state index < -0.39 is 0 Å². The molecule has 94 valence electrons. The maximum atomic E-state index is 11.8. The summed E-state index contributed by atoms with van der Waals surface area (Å²) >= 11 is 0. The molecule has 6 heteroatoms. The van der Waals surface area contributed by atoms with E-state index >= 15 is 0 Å². The van der Waals surface area contributed by atoms with Gasteiger partial charge in [0.15, 0.2) is 11.5 Å². The van der Waals surface area contributed by atoms with Crippen LogP contribution in [-0.4, -0.2) is 27.7 Å². The number of amides is 1. The summed E-state index contributed by atoms with van der Waals surface area (Å²) in [5, 5.41) is 10.8. The summed E-state index contributed by atoms with van der Waals surface area (Å²) in [5.41, 5.74) is -0.346. The summed E-state index contributed by atoms with van der Waals surface area (Å²) in [7, 11) is 1.78. The number of nitrogens with one attached hydrogen (secondary N) is 1. The zero-order valence-electron chi connectivity index (χ0n) is 10.3. The minimum Gasteiger partial charge on any atom is -0.349 e. The van der Waals surface area contributed by atoms with Gasteiger partial charge in [0.25, 0.3) is 5.91 Å². The third-order valence-corrected chi connectivity index (χ3v) is 2.89. The lowest BCUT2D eigenvalue weighted by Gasteiger charge is -2.09. The Morgan fingerprint density at radius 2 is 2.33 bits per heavy atom. The van der Waals surface area contributed by atoms with E-state index in [0.717, 1.165) is 6.42 Å². The Kier molecular flexibility index (Phi) is 3.42. The molecule has 0 fully saturated rings. The van der Waals surface area contributed by atoms with Gasteiger partial charge in [-0.2, -0.15) is 10.2 Å². The van der Waals surface area contributed by atoms with Crippen molar-refractivity contribution in [2.75, 3.05) is 6.54 Å². The minimum absolute atomic E-state index is 0.185. The Morgan fingerprint density at radius 3 is 2.89 bits per heavy atom. The van der Waals surface area contributed by atoms with Gasteiger partial charge in [-0.05, 0) is 0 Å². The first-order valence-electron chi connectivity index (χ1n) is 5.80. The summed E-state index contributed by atoms with van der Waals surface area (Å²) in [5.74, 6) is 2.79. The lowest BCUT2D eigenvalue weighted by molar-refractivity contribution is 0.0938. The van der Waals surface area contributed by atoms with Crippen LogP contribution in [0.1, 0.15) is 29.9 Å². The first-order valence-corrected chi connectivity index (χ1v) is 5.80. The summed E-state index contributed by atoms with van der Waals surface area (Å²) < 4.78 is 1.68. The van der Waals surface area contributed by atoms with Crippen LogP contribution in [0.2, 0.25) is 0 Å². The molecule has 1 amide bonds. The monoisotopic (exact) mass is 245 g/mol. The van der Waals surface area contributed by atoms with Crippen LogP contribution in [-0.2, 0) is 7.05 Å². The van der Waals surface area contributed by atoms with Crippen LogP contribution >= 0.6 is 0 Å². The number of hydrogen-bond donors (Lipinski definition) is 1. The first-order chi connectivity index (χ1) is 8.67.